The van der Waals surface area contributed by atoms with Crippen molar-refractivity contribution in [3.63, 3.8) is 0 Å². The van der Waals surface area contributed by atoms with Crippen LogP contribution in [0.25, 0.3) is 0 Å². The van der Waals surface area contributed by atoms with E-state index >= 15 is 0 Å². The van der Waals surface area contributed by atoms with E-state index in [1.807, 2.05) is 11.0 Å². The van der Waals surface area contributed by atoms with Gasteiger partial charge in [0, 0.05) is 38.3 Å². The van der Waals surface area contributed by atoms with Gasteiger partial charge < -0.3 is 19.1 Å². The van der Waals surface area contributed by atoms with Crippen LogP contribution in [0.2, 0.25) is 0 Å². The summed E-state index contributed by atoms with van der Waals surface area (Å²) < 4.78 is 16.0. The van der Waals surface area contributed by atoms with Crippen LogP contribution in [0.15, 0.2) is 18.2 Å². The standard InChI is InChI=1S/C19H28N2O4/c1-23-17-4-3-16(13-18(17)24-2)19(22)21-7-5-15(6-8-21)14-20-9-11-25-12-10-20/h3-4,13,15H,5-12,14H2,1-2H3. The fraction of sp³-hybridized carbons (Fsp3) is 0.632. The summed E-state index contributed by atoms with van der Waals surface area (Å²) in [5, 5.41) is 0. The third kappa shape index (κ3) is 4.44. The predicted molar refractivity (Wildman–Crippen MR) is 95.4 cm³/mol. The first-order valence-electron chi connectivity index (χ1n) is 9.02. The predicted octanol–water partition coefficient (Wildman–Crippen LogP) is 1.89. The molecular formula is C19H28N2O4. The zero-order chi connectivity index (χ0) is 17.6. The number of likely N-dealkylation sites (tertiary alicyclic amines) is 1. The van der Waals surface area contributed by atoms with Gasteiger partial charge >= 0.3 is 0 Å². The van der Waals surface area contributed by atoms with E-state index in [1.54, 1.807) is 26.4 Å². The number of amides is 1. The van der Waals surface area contributed by atoms with Gasteiger partial charge in [0.2, 0.25) is 0 Å². The summed E-state index contributed by atoms with van der Waals surface area (Å²) in [6.07, 6.45) is 2.13. The fourth-order valence-electron chi connectivity index (χ4n) is 3.62. The first kappa shape index (κ1) is 18.0. The van der Waals surface area contributed by atoms with Crippen LogP contribution in [0.5, 0.6) is 11.5 Å². The Bertz CT molecular complexity index is 579. The van der Waals surface area contributed by atoms with Gasteiger partial charge in [0.25, 0.3) is 5.91 Å². The number of nitrogens with zero attached hydrogens (tertiary/aromatic N) is 2. The Morgan fingerprint density at radius 1 is 1.08 bits per heavy atom. The number of ether oxygens (including phenoxy) is 3. The molecule has 0 atom stereocenters. The number of benzene rings is 1. The van der Waals surface area contributed by atoms with E-state index in [4.69, 9.17) is 14.2 Å². The number of carbonyl (C=O) groups is 1. The summed E-state index contributed by atoms with van der Waals surface area (Å²) in [4.78, 5) is 17.2. The summed E-state index contributed by atoms with van der Waals surface area (Å²) in [5.41, 5.74) is 0.657. The monoisotopic (exact) mass is 348 g/mol. The van der Waals surface area contributed by atoms with Crippen molar-refractivity contribution in [2.24, 2.45) is 5.92 Å². The molecule has 0 bridgehead atoms. The summed E-state index contributed by atoms with van der Waals surface area (Å²) in [6.45, 7) is 6.52. The highest BCUT2D eigenvalue weighted by Crippen LogP contribution is 2.29. The minimum atomic E-state index is 0.0748. The molecule has 1 aromatic carbocycles. The van der Waals surface area contributed by atoms with Gasteiger partial charge in [0.15, 0.2) is 11.5 Å². The highest BCUT2D eigenvalue weighted by Gasteiger charge is 2.26. The topological polar surface area (TPSA) is 51.2 Å². The molecule has 0 unspecified atom stereocenters. The SMILES string of the molecule is COc1ccc(C(=O)N2CCC(CN3CCOCC3)CC2)cc1OC. The van der Waals surface area contributed by atoms with E-state index in [2.05, 4.69) is 4.90 Å². The fourth-order valence-corrected chi connectivity index (χ4v) is 3.62. The van der Waals surface area contributed by atoms with Crippen molar-refractivity contribution < 1.29 is 19.0 Å². The van der Waals surface area contributed by atoms with E-state index in [-0.39, 0.29) is 5.91 Å². The lowest BCUT2D eigenvalue weighted by molar-refractivity contribution is 0.0243. The van der Waals surface area contributed by atoms with Crippen LogP contribution in [0, 0.1) is 5.92 Å². The molecule has 2 saturated heterocycles. The van der Waals surface area contributed by atoms with Crippen LogP contribution in [0.4, 0.5) is 0 Å². The molecule has 2 aliphatic rings. The molecule has 2 fully saturated rings. The largest absolute Gasteiger partial charge is 0.493 e. The Hall–Kier alpha value is -1.79. The van der Waals surface area contributed by atoms with Gasteiger partial charge in [0.05, 0.1) is 27.4 Å². The molecule has 0 radical (unpaired) electrons. The quantitative estimate of drug-likeness (QED) is 0.813. The Labute approximate surface area is 149 Å². The van der Waals surface area contributed by atoms with Gasteiger partial charge in [-0.25, -0.2) is 0 Å². The molecule has 0 aromatic heterocycles. The highest BCUT2D eigenvalue weighted by atomic mass is 16.5. The maximum atomic E-state index is 12.8. The molecule has 6 heteroatoms. The van der Waals surface area contributed by atoms with Crippen molar-refractivity contribution in [1.29, 1.82) is 0 Å². The number of morpholine rings is 1. The second-order valence-corrected chi connectivity index (χ2v) is 6.72. The van der Waals surface area contributed by atoms with Crippen LogP contribution in [0.1, 0.15) is 23.2 Å². The zero-order valence-corrected chi connectivity index (χ0v) is 15.2. The Balaban J connectivity index is 1.54. The molecule has 0 N–H and O–H groups in total. The molecular weight excluding hydrogens is 320 g/mol. The number of methoxy groups -OCH3 is 2. The Morgan fingerprint density at radius 3 is 2.40 bits per heavy atom. The van der Waals surface area contributed by atoms with Crippen LogP contribution in [0.3, 0.4) is 0 Å². The average Bonchev–Trinajstić information content (AvgIpc) is 2.68. The third-order valence-electron chi connectivity index (χ3n) is 5.15. The van der Waals surface area contributed by atoms with E-state index in [0.29, 0.717) is 23.0 Å². The molecule has 1 aromatic rings. The summed E-state index contributed by atoms with van der Waals surface area (Å²) in [6, 6.07) is 5.36. The molecule has 0 aliphatic carbocycles. The Morgan fingerprint density at radius 2 is 1.76 bits per heavy atom. The van der Waals surface area contributed by atoms with Crippen molar-refractivity contribution in [3.05, 3.63) is 23.8 Å². The van der Waals surface area contributed by atoms with Gasteiger partial charge in [-0.15, -0.1) is 0 Å². The van der Waals surface area contributed by atoms with E-state index in [9.17, 15) is 4.79 Å². The molecule has 6 nitrogen and oxygen atoms in total. The molecule has 0 saturated carbocycles. The Kier molecular flexibility index (Phi) is 6.15. The second kappa shape index (κ2) is 8.54. The van der Waals surface area contributed by atoms with Crippen molar-refractivity contribution in [3.8, 4) is 11.5 Å². The number of piperidine rings is 1. The number of hydrogen-bond donors (Lipinski definition) is 0. The first-order valence-corrected chi connectivity index (χ1v) is 9.02. The zero-order valence-electron chi connectivity index (χ0n) is 15.2. The highest BCUT2D eigenvalue weighted by molar-refractivity contribution is 5.95. The molecule has 25 heavy (non-hydrogen) atoms. The maximum absolute atomic E-state index is 12.8. The molecule has 2 aliphatic heterocycles. The van der Waals surface area contributed by atoms with Crippen LogP contribution < -0.4 is 9.47 Å². The molecule has 3 rings (SSSR count). The lowest BCUT2D eigenvalue weighted by atomic mass is 9.95. The lowest BCUT2D eigenvalue weighted by Gasteiger charge is -2.36. The van der Waals surface area contributed by atoms with Gasteiger partial charge in [-0.3, -0.25) is 9.69 Å². The van der Waals surface area contributed by atoms with Crippen LogP contribution >= 0.6 is 0 Å². The van der Waals surface area contributed by atoms with Crippen molar-refractivity contribution in [2.75, 3.05) is 60.2 Å². The summed E-state index contributed by atoms with van der Waals surface area (Å²) >= 11 is 0. The molecule has 138 valence electrons. The normalized spacial score (nSPS) is 19.7. The van der Waals surface area contributed by atoms with Gasteiger partial charge in [-0.1, -0.05) is 0 Å². The number of carbonyl (C=O) groups excluding carboxylic acids is 1. The minimum absolute atomic E-state index is 0.0748. The van der Waals surface area contributed by atoms with Crippen LogP contribution in [-0.2, 0) is 4.74 Å². The van der Waals surface area contributed by atoms with E-state index in [0.717, 1.165) is 58.8 Å². The minimum Gasteiger partial charge on any atom is -0.493 e. The first-order chi connectivity index (χ1) is 12.2. The molecule has 0 spiro atoms. The van der Waals surface area contributed by atoms with Crippen molar-refractivity contribution in [2.45, 2.75) is 12.8 Å². The lowest BCUT2D eigenvalue weighted by Crippen LogP contribution is -2.44. The van der Waals surface area contributed by atoms with Gasteiger partial charge in [-0.2, -0.15) is 0 Å². The number of rotatable bonds is 5. The van der Waals surface area contributed by atoms with E-state index in [1.165, 1.54) is 0 Å². The van der Waals surface area contributed by atoms with Crippen molar-refractivity contribution in [1.82, 2.24) is 9.80 Å². The average molecular weight is 348 g/mol. The maximum Gasteiger partial charge on any atom is 0.253 e. The third-order valence-corrected chi connectivity index (χ3v) is 5.15. The molecule has 1 amide bonds. The van der Waals surface area contributed by atoms with Gasteiger partial charge in [0.1, 0.15) is 0 Å². The van der Waals surface area contributed by atoms with Crippen LogP contribution in [-0.4, -0.2) is 75.9 Å². The van der Waals surface area contributed by atoms with E-state index < -0.39 is 0 Å². The number of hydrogen-bond acceptors (Lipinski definition) is 5. The summed E-state index contributed by atoms with van der Waals surface area (Å²) in [5.74, 6) is 1.98. The van der Waals surface area contributed by atoms with Crippen molar-refractivity contribution >= 4 is 5.91 Å². The second-order valence-electron chi connectivity index (χ2n) is 6.72. The smallest absolute Gasteiger partial charge is 0.253 e. The van der Waals surface area contributed by atoms with Gasteiger partial charge in [-0.05, 0) is 37.0 Å². The molecule has 2 heterocycles. The summed E-state index contributed by atoms with van der Waals surface area (Å²) in [7, 11) is 3.18.